The number of nitrogens with one attached hydrogen (secondary N) is 2. The highest BCUT2D eigenvalue weighted by Crippen LogP contribution is 2.16. The molecule has 0 atom stereocenters. The Balaban J connectivity index is 2.44. The minimum atomic E-state index is -0.968. The van der Waals surface area contributed by atoms with E-state index in [0.29, 0.717) is 13.1 Å². The second-order valence-electron chi connectivity index (χ2n) is 5.69. The molecule has 6 nitrogen and oxygen atoms in total. The summed E-state index contributed by atoms with van der Waals surface area (Å²) in [7, 11) is 0. The van der Waals surface area contributed by atoms with Crippen LogP contribution in [0.2, 0.25) is 0 Å². The van der Waals surface area contributed by atoms with Crippen molar-refractivity contribution in [1.82, 2.24) is 5.32 Å². The smallest absolute Gasteiger partial charge is 0.407 e. The SMILES string of the molecule is Cc1ccc(C(=O)O)cc1NCCNC(=O)OC(C)(C)C. The molecule has 0 unspecified atom stereocenters. The molecule has 0 aromatic heterocycles. The minimum Gasteiger partial charge on any atom is -0.478 e. The van der Waals surface area contributed by atoms with Crippen molar-refractivity contribution < 1.29 is 19.4 Å². The highest BCUT2D eigenvalue weighted by Gasteiger charge is 2.15. The summed E-state index contributed by atoms with van der Waals surface area (Å²) < 4.78 is 5.11. The second-order valence-corrected chi connectivity index (χ2v) is 5.69. The Hall–Kier alpha value is -2.24. The van der Waals surface area contributed by atoms with Gasteiger partial charge < -0.3 is 20.5 Å². The van der Waals surface area contributed by atoms with Gasteiger partial charge >= 0.3 is 12.1 Å². The van der Waals surface area contributed by atoms with Crippen LogP contribution in [0.25, 0.3) is 0 Å². The lowest BCUT2D eigenvalue weighted by Crippen LogP contribution is -2.35. The number of rotatable bonds is 5. The van der Waals surface area contributed by atoms with Crippen LogP contribution in [0.15, 0.2) is 18.2 Å². The molecule has 0 aliphatic heterocycles. The van der Waals surface area contributed by atoms with Crippen LogP contribution in [0.4, 0.5) is 10.5 Å². The van der Waals surface area contributed by atoms with Crippen molar-refractivity contribution in [1.29, 1.82) is 0 Å². The fourth-order valence-corrected chi connectivity index (χ4v) is 1.62. The first-order valence-electron chi connectivity index (χ1n) is 6.74. The van der Waals surface area contributed by atoms with Crippen molar-refractivity contribution in [3.8, 4) is 0 Å². The number of amides is 1. The number of alkyl carbamates (subject to hydrolysis) is 1. The Morgan fingerprint density at radius 2 is 1.90 bits per heavy atom. The zero-order valence-corrected chi connectivity index (χ0v) is 12.8. The molecule has 6 heteroatoms. The molecule has 0 aliphatic rings. The topological polar surface area (TPSA) is 87.7 Å². The molecule has 0 saturated carbocycles. The molecule has 0 spiro atoms. The molecule has 116 valence electrons. The molecule has 0 bridgehead atoms. The van der Waals surface area contributed by atoms with E-state index >= 15 is 0 Å². The first kappa shape index (κ1) is 16.8. The maximum Gasteiger partial charge on any atom is 0.407 e. The predicted octanol–water partition coefficient (Wildman–Crippen LogP) is 2.63. The van der Waals surface area contributed by atoms with Gasteiger partial charge in [-0.05, 0) is 45.4 Å². The highest BCUT2D eigenvalue weighted by atomic mass is 16.6. The third-order valence-corrected chi connectivity index (χ3v) is 2.59. The van der Waals surface area contributed by atoms with Gasteiger partial charge in [0.1, 0.15) is 5.60 Å². The van der Waals surface area contributed by atoms with Crippen LogP contribution in [-0.2, 0) is 4.74 Å². The van der Waals surface area contributed by atoms with E-state index in [2.05, 4.69) is 10.6 Å². The van der Waals surface area contributed by atoms with Crippen LogP contribution < -0.4 is 10.6 Å². The van der Waals surface area contributed by atoms with Gasteiger partial charge in [0.25, 0.3) is 0 Å². The first-order chi connectivity index (χ1) is 9.69. The van der Waals surface area contributed by atoms with Crippen LogP contribution >= 0.6 is 0 Å². The molecule has 0 fully saturated rings. The summed E-state index contributed by atoms with van der Waals surface area (Å²) in [6.07, 6.45) is -0.472. The highest BCUT2D eigenvalue weighted by molar-refractivity contribution is 5.89. The zero-order chi connectivity index (χ0) is 16.0. The van der Waals surface area contributed by atoms with E-state index in [9.17, 15) is 9.59 Å². The first-order valence-corrected chi connectivity index (χ1v) is 6.74. The number of aryl methyl sites for hydroxylation is 1. The van der Waals surface area contributed by atoms with E-state index in [4.69, 9.17) is 9.84 Å². The molecule has 0 heterocycles. The number of ether oxygens (including phenoxy) is 1. The molecule has 21 heavy (non-hydrogen) atoms. The molecular weight excluding hydrogens is 272 g/mol. The number of anilines is 1. The Morgan fingerprint density at radius 1 is 1.24 bits per heavy atom. The van der Waals surface area contributed by atoms with Crippen molar-refractivity contribution in [2.75, 3.05) is 18.4 Å². The average molecular weight is 294 g/mol. The molecule has 1 aromatic carbocycles. The maximum absolute atomic E-state index is 11.4. The van der Waals surface area contributed by atoms with Gasteiger partial charge in [0.15, 0.2) is 0 Å². The largest absolute Gasteiger partial charge is 0.478 e. The Bertz CT molecular complexity index is 521. The summed E-state index contributed by atoms with van der Waals surface area (Å²) >= 11 is 0. The van der Waals surface area contributed by atoms with Gasteiger partial charge in [-0.2, -0.15) is 0 Å². The monoisotopic (exact) mass is 294 g/mol. The molecule has 0 saturated heterocycles. The van der Waals surface area contributed by atoms with Gasteiger partial charge in [-0.15, -0.1) is 0 Å². The number of carboxylic acid groups (broad SMARTS) is 1. The summed E-state index contributed by atoms with van der Waals surface area (Å²) in [5.74, 6) is -0.968. The van der Waals surface area contributed by atoms with Gasteiger partial charge in [-0.3, -0.25) is 0 Å². The van der Waals surface area contributed by atoms with E-state index in [1.54, 1.807) is 39.0 Å². The molecule has 1 rings (SSSR count). The van der Waals surface area contributed by atoms with Crippen molar-refractivity contribution in [3.63, 3.8) is 0 Å². The third kappa shape index (κ3) is 6.16. The molecule has 0 radical (unpaired) electrons. The zero-order valence-electron chi connectivity index (χ0n) is 12.8. The van der Waals surface area contributed by atoms with Crippen LogP contribution in [0.1, 0.15) is 36.7 Å². The van der Waals surface area contributed by atoms with Gasteiger partial charge in [-0.25, -0.2) is 9.59 Å². The Kier molecular flexibility index (Phi) is 5.58. The van der Waals surface area contributed by atoms with Gasteiger partial charge in [0.05, 0.1) is 5.56 Å². The lowest BCUT2D eigenvalue weighted by molar-refractivity contribution is 0.0529. The van der Waals surface area contributed by atoms with Crippen molar-refractivity contribution in [2.45, 2.75) is 33.3 Å². The van der Waals surface area contributed by atoms with Gasteiger partial charge in [0, 0.05) is 18.8 Å². The minimum absolute atomic E-state index is 0.225. The van der Waals surface area contributed by atoms with Crippen LogP contribution in [0.3, 0.4) is 0 Å². The fraction of sp³-hybridized carbons (Fsp3) is 0.467. The van der Waals surface area contributed by atoms with Crippen LogP contribution in [0, 0.1) is 6.92 Å². The molecule has 3 N–H and O–H groups in total. The summed E-state index contributed by atoms with van der Waals surface area (Å²) in [6.45, 7) is 8.13. The number of carboxylic acids is 1. The standard InChI is InChI=1S/C15H22N2O4/c1-10-5-6-11(13(18)19)9-12(10)16-7-8-17-14(20)21-15(2,3)4/h5-6,9,16H,7-8H2,1-4H3,(H,17,20)(H,18,19). The molecule has 1 aromatic rings. The van der Waals surface area contributed by atoms with E-state index < -0.39 is 17.7 Å². The Labute approximate surface area is 124 Å². The Morgan fingerprint density at radius 3 is 2.48 bits per heavy atom. The lowest BCUT2D eigenvalue weighted by Gasteiger charge is -2.19. The second kappa shape index (κ2) is 6.97. The number of hydrogen-bond donors (Lipinski definition) is 3. The quantitative estimate of drug-likeness (QED) is 0.727. The van der Waals surface area contributed by atoms with Gasteiger partial charge in [-0.1, -0.05) is 6.07 Å². The number of hydrogen-bond acceptors (Lipinski definition) is 4. The average Bonchev–Trinajstić information content (AvgIpc) is 2.34. The normalized spacial score (nSPS) is 10.9. The summed E-state index contributed by atoms with van der Waals surface area (Å²) in [4.78, 5) is 22.4. The predicted molar refractivity (Wildman–Crippen MR) is 80.9 cm³/mol. The van der Waals surface area contributed by atoms with Crippen molar-refractivity contribution in [3.05, 3.63) is 29.3 Å². The third-order valence-electron chi connectivity index (χ3n) is 2.59. The van der Waals surface area contributed by atoms with E-state index in [1.165, 1.54) is 0 Å². The molecule has 1 amide bonds. The number of carbonyl (C=O) groups is 2. The summed E-state index contributed by atoms with van der Waals surface area (Å²) in [5.41, 5.74) is 1.38. The number of carbonyl (C=O) groups excluding carboxylic acids is 1. The van der Waals surface area contributed by atoms with Crippen LogP contribution in [-0.4, -0.2) is 35.9 Å². The maximum atomic E-state index is 11.4. The fourth-order valence-electron chi connectivity index (χ4n) is 1.62. The van der Waals surface area contributed by atoms with E-state index in [0.717, 1.165) is 11.3 Å². The number of benzene rings is 1. The molecule has 0 aliphatic carbocycles. The lowest BCUT2D eigenvalue weighted by atomic mass is 10.1. The van der Waals surface area contributed by atoms with Crippen LogP contribution in [0.5, 0.6) is 0 Å². The van der Waals surface area contributed by atoms with Crippen molar-refractivity contribution in [2.24, 2.45) is 0 Å². The summed E-state index contributed by atoms with van der Waals surface area (Å²) in [6, 6.07) is 4.88. The van der Waals surface area contributed by atoms with Gasteiger partial charge in [0.2, 0.25) is 0 Å². The van der Waals surface area contributed by atoms with E-state index in [-0.39, 0.29) is 5.56 Å². The van der Waals surface area contributed by atoms with Crippen molar-refractivity contribution >= 4 is 17.7 Å². The molecular formula is C15H22N2O4. The summed E-state index contributed by atoms with van der Waals surface area (Å²) in [5, 5.41) is 14.7. The van der Waals surface area contributed by atoms with E-state index in [1.807, 2.05) is 6.92 Å². The number of aromatic carboxylic acids is 1.